The number of pyridine rings is 1. The molecule has 0 bridgehead atoms. The van der Waals surface area contributed by atoms with Crippen LogP contribution in [0.4, 0.5) is 0 Å². The smallest absolute Gasteiger partial charge is 0.267 e. The van der Waals surface area contributed by atoms with E-state index in [1.54, 1.807) is 16.8 Å². The molecule has 0 radical (unpaired) electrons. The van der Waals surface area contributed by atoms with E-state index in [1.807, 2.05) is 58.0 Å². The van der Waals surface area contributed by atoms with Crippen molar-refractivity contribution in [1.82, 2.24) is 24.7 Å². The van der Waals surface area contributed by atoms with Crippen LogP contribution < -0.4 is 5.56 Å². The molecule has 4 aromatic rings. The lowest BCUT2D eigenvalue weighted by molar-refractivity contribution is 0.373. The summed E-state index contributed by atoms with van der Waals surface area (Å²) in [6, 6.07) is 11.1. The highest BCUT2D eigenvalue weighted by atomic mass is 32.2. The molecule has 0 N–H and O–H groups in total. The van der Waals surface area contributed by atoms with Crippen molar-refractivity contribution in [3.05, 3.63) is 70.2 Å². The number of nitrogens with zero attached hydrogens (tertiary/aromatic N) is 5. The Hall–Kier alpha value is -3.00. The van der Waals surface area contributed by atoms with Crippen LogP contribution in [-0.2, 0) is 0 Å². The molecule has 0 spiro atoms. The summed E-state index contributed by atoms with van der Waals surface area (Å²) >= 11 is 1.40. The first-order chi connectivity index (χ1) is 14.0. The normalized spacial score (nSPS) is 12.6. The maximum Gasteiger partial charge on any atom is 0.267 e. The Morgan fingerprint density at radius 2 is 1.86 bits per heavy atom. The first kappa shape index (κ1) is 19.3. The van der Waals surface area contributed by atoms with Gasteiger partial charge in [0.05, 0.1) is 16.2 Å². The number of hydrogen-bond donors (Lipinski definition) is 0. The number of aryl methyl sites for hydroxylation is 1. The Kier molecular flexibility index (Phi) is 5.19. The van der Waals surface area contributed by atoms with Gasteiger partial charge >= 0.3 is 0 Å². The molecule has 7 nitrogen and oxygen atoms in total. The number of aromatic nitrogens is 5. The quantitative estimate of drug-likeness (QED) is 0.357. The van der Waals surface area contributed by atoms with Crippen LogP contribution in [0.3, 0.4) is 0 Å². The average molecular weight is 407 g/mol. The van der Waals surface area contributed by atoms with Crippen molar-refractivity contribution in [2.45, 2.75) is 44.0 Å². The van der Waals surface area contributed by atoms with Crippen LogP contribution in [0.2, 0.25) is 0 Å². The van der Waals surface area contributed by atoms with E-state index in [0.29, 0.717) is 33.6 Å². The third kappa shape index (κ3) is 3.67. The van der Waals surface area contributed by atoms with Gasteiger partial charge < -0.3 is 4.52 Å². The summed E-state index contributed by atoms with van der Waals surface area (Å²) in [6.45, 7) is 7.91. The highest BCUT2D eigenvalue weighted by Gasteiger charge is 2.22. The third-order valence-corrected chi connectivity index (χ3v) is 5.58. The molecule has 0 aliphatic rings. The Bertz CT molecular complexity index is 1230. The predicted octanol–water partition coefficient (Wildman–Crippen LogP) is 4.45. The number of benzene rings is 1. The molecular formula is C21H21N5O2S. The molecule has 3 aromatic heterocycles. The van der Waals surface area contributed by atoms with Crippen molar-refractivity contribution in [3.63, 3.8) is 0 Å². The Morgan fingerprint density at radius 1 is 1.07 bits per heavy atom. The fourth-order valence-electron chi connectivity index (χ4n) is 2.95. The van der Waals surface area contributed by atoms with Crippen LogP contribution in [0, 0.1) is 6.92 Å². The molecule has 148 valence electrons. The van der Waals surface area contributed by atoms with Crippen LogP contribution in [0.5, 0.6) is 0 Å². The van der Waals surface area contributed by atoms with Crippen LogP contribution in [0.25, 0.3) is 16.7 Å². The molecule has 0 aliphatic carbocycles. The monoisotopic (exact) mass is 407 g/mol. The minimum absolute atomic E-state index is 0.152. The Morgan fingerprint density at radius 3 is 2.59 bits per heavy atom. The van der Waals surface area contributed by atoms with Gasteiger partial charge in [0.1, 0.15) is 5.82 Å². The van der Waals surface area contributed by atoms with E-state index in [2.05, 4.69) is 15.1 Å². The van der Waals surface area contributed by atoms with Crippen molar-refractivity contribution in [2.75, 3.05) is 0 Å². The second-order valence-electron chi connectivity index (χ2n) is 7.10. The molecular weight excluding hydrogens is 386 g/mol. The summed E-state index contributed by atoms with van der Waals surface area (Å²) in [6.07, 6.45) is 1.68. The zero-order valence-electron chi connectivity index (χ0n) is 16.7. The van der Waals surface area contributed by atoms with Crippen LogP contribution >= 0.6 is 11.8 Å². The minimum Gasteiger partial charge on any atom is -0.338 e. The van der Waals surface area contributed by atoms with E-state index in [9.17, 15) is 4.79 Å². The largest absolute Gasteiger partial charge is 0.338 e. The molecule has 29 heavy (non-hydrogen) atoms. The topological polar surface area (TPSA) is 86.7 Å². The SMILES string of the molecule is Cc1cccnc1-n1c(SC(C)c2nc(C(C)C)no2)nc2ccccc2c1=O. The standard InChI is InChI=1S/C21H21N5O2S/c1-12(2)17-24-19(28-25-17)14(4)29-21-23-16-10-6-5-9-15(16)20(27)26(21)18-13(3)8-7-11-22-18/h5-12,14H,1-4H3. The van der Waals surface area contributed by atoms with E-state index in [0.717, 1.165) is 5.56 Å². The van der Waals surface area contributed by atoms with E-state index in [1.165, 1.54) is 11.8 Å². The number of fused-ring (bicyclic) bond motifs is 1. The summed E-state index contributed by atoms with van der Waals surface area (Å²) in [5.74, 6) is 1.92. The Labute approximate surface area is 172 Å². The second kappa shape index (κ2) is 7.79. The van der Waals surface area contributed by atoms with Crippen molar-refractivity contribution < 1.29 is 4.52 Å². The van der Waals surface area contributed by atoms with Crippen molar-refractivity contribution >= 4 is 22.7 Å². The zero-order valence-corrected chi connectivity index (χ0v) is 17.5. The first-order valence-corrected chi connectivity index (χ1v) is 10.3. The van der Waals surface area contributed by atoms with Gasteiger partial charge in [-0.05, 0) is 37.6 Å². The van der Waals surface area contributed by atoms with Gasteiger partial charge in [-0.25, -0.2) is 14.5 Å². The molecule has 0 amide bonds. The lowest BCUT2D eigenvalue weighted by atomic mass is 10.2. The molecule has 0 aliphatic heterocycles. The van der Waals surface area contributed by atoms with Crippen molar-refractivity contribution in [1.29, 1.82) is 0 Å². The fraction of sp³-hybridized carbons (Fsp3) is 0.286. The maximum atomic E-state index is 13.3. The second-order valence-corrected chi connectivity index (χ2v) is 8.41. The minimum atomic E-state index is -0.182. The summed E-state index contributed by atoms with van der Waals surface area (Å²) in [7, 11) is 0. The maximum absolute atomic E-state index is 13.3. The van der Waals surface area contributed by atoms with E-state index >= 15 is 0 Å². The molecule has 8 heteroatoms. The highest BCUT2D eigenvalue weighted by Crippen LogP contribution is 2.34. The van der Waals surface area contributed by atoms with E-state index in [-0.39, 0.29) is 16.7 Å². The van der Waals surface area contributed by atoms with Crippen molar-refractivity contribution in [2.24, 2.45) is 0 Å². The van der Waals surface area contributed by atoms with Gasteiger partial charge in [-0.15, -0.1) is 0 Å². The predicted molar refractivity (Wildman–Crippen MR) is 113 cm³/mol. The molecule has 0 fully saturated rings. The third-order valence-electron chi connectivity index (χ3n) is 4.54. The molecule has 0 saturated carbocycles. The zero-order chi connectivity index (χ0) is 20.5. The molecule has 1 atom stereocenters. The molecule has 1 unspecified atom stereocenters. The van der Waals surface area contributed by atoms with E-state index in [4.69, 9.17) is 9.51 Å². The molecule has 3 heterocycles. The van der Waals surface area contributed by atoms with Crippen LogP contribution in [-0.4, -0.2) is 24.7 Å². The number of hydrogen-bond acceptors (Lipinski definition) is 7. The fourth-order valence-corrected chi connectivity index (χ4v) is 3.88. The van der Waals surface area contributed by atoms with E-state index < -0.39 is 0 Å². The van der Waals surface area contributed by atoms with Gasteiger partial charge in [-0.1, -0.05) is 49.0 Å². The number of thioether (sulfide) groups is 1. The summed E-state index contributed by atoms with van der Waals surface area (Å²) in [4.78, 5) is 27.0. The van der Waals surface area contributed by atoms with Crippen LogP contribution in [0.15, 0.2) is 57.1 Å². The van der Waals surface area contributed by atoms with Gasteiger partial charge in [-0.2, -0.15) is 4.98 Å². The lowest BCUT2D eigenvalue weighted by Gasteiger charge is -2.15. The highest BCUT2D eigenvalue weighted by molar-refractivity contribution is 7.99. The molecule has 1 aromatic carbocycles. The van der Waals surface area contributed by atoms with Crippen LogP contribution in [0.1, 0.15) is 49.2 Å². The molecule has 0 saturated heterocycles. The van der Waals surface area contributed by atoms with Gasteiger partial charge in [-0.3, -0.25) is 4.79 Å². The van der Waals surface area contributed by atoms with Crippen molar-refractivity contribution in [3.8, 4) is 5.82 Å². The Balaban J connectivity index is 1.85. The van der Waals surface area contributed by atoms with Gasteiger partial charge in [0.2, 0.25) is 5.89 Å². The lowest BCUT2D eigenvalue weighted by Crippen LogP contribution is -2.23. The summed E-state index contributed by atoms with van der Waals surface area (Å²) in [5, 5.41) is 4.94. The van der Waals surface area contributed by atoms with Gasteiger partial charge in [0.15, 0.2) is 11.0 Å². The average Bonchev–Trinajstić information content (AvgIpc) is 3.20. The summed E-state index contributed by atoms with van der Waals surface area (Å²) < 4.78 is 7.00. The van der Waals surface area contributed by atoms with Gasteiger partial charge in [0.25, 0.3) is 5.56 Å². The number of rotatable bonds is 5. The first-order valence-electron chi connectivity index (χ1n) is 9.39. The van der Waals surface area contributed by atoms with Gasteiger partial charge in [0, 0.05) is 12.1 Å². The molecule has 4 rings (SSSR count). The number of para-hydroxylation sites is 1. The summed E-state index contributed by atoms with van der Waals surface area (Å²) in [5.41, 5.74) is 1.38.